The van der Waals surface area contributed by atoms with E-state index in [1.54, 1.807) is 0 Å². The van der Waals surface area contributed by atoms with Crippen LogP contribution >= 0.6 is 0 Å². The summed E-state index contributed by atoms with van der Waals surface area (Å²) in [4.78, 5) is 11.3. The van der Waals surface area contributed by atoms with Gasteiger partial charge in [-0.2, -0.15) is 0 Å². The zero-order chi connectivity index (χ0) is 10.7. The van der Waals surface area contributed by atoms with Gasteiger partial charge in [-0.05, 0) is 33.5 Å². The summed E-state index contributed by atoms with van der Waals surface area (Å²) in [5.41, 5.74) is -0.533. The molecule has 78 valence electrons. The van der Waals surface area contributed by atoms with Crippen LogP contribution in [0.2, 0.25) is 19.6 Å². The molecule has 13 heavy (non-hydrogen) atoms. The zero-order valence-electron chi connectivity index (χ0n) is 9.43. The summed E-state index contributed by atoms with van der Waals surface area (Å²) in [6.07, 6.45) is 0. The van der Waals surface area contributed by atoms with Gasteiger partial charge in [-0.15, -0.1) is 0 Å². The molecular weight excluding hydrogens is 184 g/mol. The monoisotopic (exact) mass is 204 g/mol. The maximum Gasteiger partial charge on any atom is 0.313 e. The third-order valence-electron chi connectivity index (χ3n) is 1.60. The molecule has 0 fully saturated rings. The van der Waals surface area contributed by atoms with Crippen molar-refractivity contribution in [2.24, 2.45) is 5.41 Å². The molecule has 0 aliphatic heterocycles. The summed E-state index contributed by atoms with van der Waals surface area (Å²) in [5, 5.41) is 0. The molecule has 0 saturated heterocycles. The smallest absolute Gasteiger partial charge is 0.313 e. The second-order valence-corrected chi connectivity index (χ2v) is 9.29. The van der Waals surface area contributed by atoms with Gasteiger partial charge in [-0.3, -0.25) is 4.79 Å². The molecule has 0 aromatic heterocycles. The third-order valence-corrected chi connectivity index (χ3v) is 2.61. The lowest BCUT2D eigenvalue weighted by Gasteiger charge is -2.26. The highest BCUT2D eigenvalue weighted by Gasteiger charge is 2.31. The molecule has 4 heteroatoms. The second-order valence-electron chi connectivity index (χ2n) is 4.78. The molecule has 0 N–H and O–H groups in total. The van der Waals surface area contributed by atoms with E-state index in [0.29, 0.717) is 6.61 Å². The molecule has 0 unspecified atom stereocenters. The van der Waals surface area contributed by atoms with E-state index < -0.39 is 13.7 Å². The predicted molar refractivity (Wildman–Crippen MR) is 55.1 cm³/mol. The zero-order valence-corrected chi connectivity index (χ0v) is 10.4. The molecule has 0 atom stereocenters. The van der Waals surface area contributed by atoms with Crippen LogP contribution < -0.4 is 0 Å². The minimum Gasteiger partial charge on any atom is -0.469 e. The lowest BCUT2D eigenvalue weighted by atomic mass is 9.95. The van der Waals surface area contributed by atoms with Gasteiger partial charge in [0.1, 0.15) is 0 Å². The van der Waals surface area contributed by atoms with E-state index in [-0.39, 0.29) is 5.97 Å². The topological polar surface area (TPSA) is 35.5 Å². The molecule has 0 aliphatic carbocycles. The Bertz CT molecular complexity index is 182. The molecule has 0 aromatic carbocycles. The Balaban J connectivity index is 4.11. The SMILES string of the molecule is COC(=O)C(C)(C)CO[Si](C)(C)C. The fraction of sp³-hybridized carbons (Fsp3) is 0.889. The normalized spacial score (nSPS) is 12.8. The predicted octanol–water partition coefficient (Wildman–Crippen LogP) is 2.04. The maximum atomic E-state index is 11.3. The van der Waals surface area contributed by atoms with Crippen molar-refractivity contribution in [1.82, 2.24) is 0 Å². The highest BCUT2D eigenvalue weighted by Crippen LogP contribution is 2.19. The van der Waals surface area contributed by atoms with Crippen molar-refractivity contribution in [3.8, 4) is 0 Å². The van der Waals surface area contributed by atoms with Gasteiger partial charge in [-0.1, -0.05) is 0 Å². The van der Waals surface area contributed by atoms with Gasteiger partial charge >= 0.3 is 5.97 Å². The Hall–Kier alpha value is -0.353. The number of hydrogen-bond acceptors (Lipinski definition) is 3. The van der Waals surface area contributed by atoms with Crippen LogP contribution in [-0.4, -0.2) is 28.0 Å². The molecule has 0 heterocycles. The highest BCUT2D eigenvalue weighted by atomic mass is 28.4. The summed E-state index contributed by atoms with van der Waals surface area (Å²) < 4.78 is 10.3. The molecule has 0 rings (SSSR count). The largest absolute Gasteiger partial charge is 0.469 e. The first-order chi connectivity index (χ1) is 5.69. The van der Waals surface area contributed by atoms with Crippen LogP contribution in [0, 0.1) is 5.41 Å². The summed E-state index contributed by atoms with van der Waals surface area (Å²) in [5.74, 6) is -0.217. The van der Waals surface area contributed by atoms with Gasteiger partial charge in [0.25, 0.3) is 0 Å². The van der Waals surface area contributed by atoms with E-state index in [0.717, 1.165) is 0 Å². The molecule has 0 amide bonds. The van der Waals surface area contributed by atoms with E-state index in [2.05, 4.69) is 24.4 Å². The molecule has 0 aliphatic rings. The van der Waals surface area contributed by atoms with E-state index in [9.17, 15) is 4.79 Å². The van der Waals surface area contributed by atoms with Crippen molar-refractivity contribution in [2.75, 3.05) is 13.7 Å². The van der Waals surface area contributed by atoms with Crippen molar-refractivity contribution in [3.63, 3.8) is 0 Å². The van der Waals surface area contributed by atoms with Crippen molar-refractivity contribution >= 4 is 14.3 Å². The van der Waals surface area contributed by atoms with Crippen LogP contribution in [0.1, 0.15) is 13.8 Å². The quantitative estimate of drug-likeness (QED) is 0.519. The van der Waals surface area contributed by atoms with Crippen molar-refractivity contribution < 1.29 is 14.0 Å². The van der Waals surface area contributed by atoms with E-state index in [1.807, 2.05) is 13.8 Å². The number of methoxy groups -OCH3 is 1. The Morgan fingerprint density at radius 3 is 2.08 bits per heavy atom. The minimum atomic E-state index is -1.53. The Morgan fingerprint density at radius 1 is 1.31 bits per heavy atom. The maximum absolute atomic E-state index is 11.3. The minimum absolute atomic E-state index is 0.217. The molecule has 0 bridgehead atoms. The van der Waals surface area contributed by atoms with Crippen LogP contribution in [-0.2, 0) is 14.0 Å². The fourth-order valence-electron chi connectivity index (χ4n) is 0.732. The van der Waals surface area contributed by atoms with Crippen LogP contribution in [0.4, 0.5) is 0 Å². The summed E-state index contributed by atoms with van der Waals surface area (Å²) in [6, 6.07) is 0. The number of carbonyl (C=O) groups is 1. The van der Waals surface area contributed by atoms with Crippen LogP contribution in [0.25, 0.3) is 0 Å². The number of esters is 1. The fourth-order valence-corrected chi connectivity index (χ4v) is 1.53. The van der Waals surface area contributed by atoms with Gasteiger partial charge in [0, 0.05) is 6.61 Å². The van der Waals surface area contributed by atoms with Crippen molar-refractivity contribution in [2.45, 2.75) is 33.5 Å². The Morgan fingerprint density at radius 2 is 1.77 bits per heavy atom. The molecule has 0 radical (unpaired) electrons. The van der Waals surface area contributed by atoms with Crippen LogP contribution in [0.5, 0.6) is 0 Å². The number of hydrogen-bond donors (Lipinski definition) is 0. The molecular formula is C9H20O3Si. The van der Waals surface area contributed by atoms with Gasteiger partial charge in [-0.25, -0.2) is 0 Å². The molecule has 0 saturated carbocycles. The van der Waals surface area contributed by atoms with Gasteiger partial charge in [0.15, 0.2) is 8.32 Å². The van der Waals surface area contributed by atoms with E-state index in [4.69, 9.17) is 4.43 Å². The first kappa shape index (κ1) is 12.6. The first-order valence-corrected chi connectivity index (χ1v) is 7.82. The standard InChI is InChI=1S/C9H20O3Si/c1-9(2,8(10)11-3)7-12-13(4,5)6/h7H2,1-6H3. The third kappa shape index (κ3) is 5.05. The van der Waals surface area contributed by atoms with Gasteiger partial charge in [0.2, 0.25) is 0 Å². The van der Waals surface area contributed by atoms with E-state index in [1.165, 1.54) is 7.11 Å². The summed E-state index contributed by atoms with van der Waals surface area (Å²) in [7, 11) is -0.132. The summed E-state index contributed by atoms with van der Waals surface area (Å²) >= 11 is 0. The average Bonchev–Trinajstić information content (AvgIpc) is 1.98. The number of carbonyl (C=O) groups excluding carboxylic acids is 1. The highest BCUT2D eigenvalue weighted by molar-refractivity contribution is 6.69. The van der Waals surface area contributed by atoms with Crippen molar-refractivity contribution in [3.05, 3.63) is 0 Å². The van der Waals surface area contributed by atoms with Crippen LogP contribution in [0.15, 0.2) is 0 Å². The number of ether oxygens (including phenoxy) is 1. The van der Waals surface area contributed by atoms with Gasteiger partial charge in [0.05, 0.1) is 12.5 Å². The molecule has 0 aromatic rings. The second kappa shape index (κ2) is 4.24. The first-order valence-electron chi connectivity index (χ1n) is 4.41. The van der Waals surface area contributed by atoms with Gasteiger partial charge < -0.3 is 9.16 Å². The average molecular weight is 204 g/mol. The molecule has 0 spiro atoms. The summed E-state index contributed by atoms with van der Waals surface area (Å²) in [6.45, 7) is 10.4. The Kier molecular flexibility index (Phi) is 4.12. The van der Waals surface area contributed by atoms with Crippen molar-refractivity contribution in [1.29, 1.82) is 0 Å². The lowest BCUT2D eigenvalue weighted by molar-refractivity contribution is -0.152. The van der Waals surface area contributed by atoms with E-state index >= 15 is 0 Å². The lowest BCUT2D eigenvalue weighted by Crippen LogP contribution is -2.36. The number of rotatable bonds is 4. The van der Waals surface area contributed by atoms with Crippen LogP contribution in [0.3, 0.4) is 0 Å². The Labute approximate surface area is 81.6 Å². The molecule has 3 nitrogen and oxygen atoms in total.